The largest absolute Gasteiger partial charge is 0.454 e. The molecule has 0 radical (unpaired) electrons. The maximum atomic E-state index is 10.2. The van der Waals surface area contributed by atoms with Gasteiger partial charge in [0.2, 0.25) is 5.69 Å². The summed E-state index contributed by atoms with van der Waals surface area (Å²) in [6.45, 7) is 6.39. The third-order valence-corrected chi connectivity index (χ3v) is 7.78. The highest BCUT2D eigenvalue weighted by Gasteiger charge is 2.23. The number of aryl methyl sites for hydroxylation is 3. The molecule has 0 spiro atoms. The highest BCUT2D eigenvalue weighted by atomic mass is 16.3. The molecule has 196 valence electrons. The van der Waals surface area contributed by atoms with Crippen molar-refractivity contribution >= 4 is 21.9 Å². The van der Waals surface area contributed by atoms with Crippen LogP contribution in [0.2, 0.25) is 0 Å². The molecule has 0 aliphatic rings. The summed E-state index contributed by atoms with van der Waals surface area (Å²) >= 11 is 0. The van der Waals surface area contributed by atoms with Crippen molar-refractivity contribution < 1.29 is 13.1 Å². The number of hydrogen-bond donors (Lipinski definition) is 0. The molecule has 0 fully saturated rings. The fourth-order valence-electron chi connectivity index (χ4n) is 5.54. The molecule has 6 aromatic rings. The van der Waals surface area contributed by atoms with E-state index < -0.39 is 6.85 Å². The van der Waals surface area contributed by atoms with Gasteiger partial charge in [0, 0.05) is 32.6 Å². The molecule has 0 aliphatic carbocycles. The fourth-order valence-corrected chi connectivity index (χ4v) is 5.54. The second kappa shape index (κ2) is 9.50. The van der Waals surface area contributed by atoms with Crippen LogP contribution in [0.3, 0.4) is 0 Å². The normalized spacial score (nSPS) is 13.2. The molecule has 2 aromatic heterocycles. The fraction of sp³-hybridized carbons (Fsp3) is 0.189. The zero-order valence-electron chi connectivity index (χ0n) is 26.5. The number of fused-ring (bicyclic) bond motifs is 3. The van der Waals surface area contributed by atoms with Crippen LogP contribution >= 0.6 is 0 Å². The Balaban J connectivity index is 1.58. The predicted molar refractivity (Wildman–Crippen MR) is 164 cm³/mol. The Labute approximate surface area is 240 Å². The lowest BCUT2D eigenvalue weighted by molar-refractivity contribution is -0.660. The number of rotatable bonds is 3. The summed E-state index contributed by atoms with van der Waals surface area (Å²) in [7, 11) is 1.90. The van der Waals surface area contributed by atoms with Gasteiger partial charge in [-0.1, -0.05) is 75.4 Å². The van der Waals surface area contributed by atoms with E-state index in [9.17, 15) is 5.26 Å². The third-order valence-electron chi connectivity index (χ3n) is 7.78. The van der Waals surface area contributed by atoms with Crippen molar-refractivity contribution in [3.8, 4) is 39.6 Å². The van der Waals surface area contributed by atoms with E-state index in [4.69, 9.17) is 8.53 Å². The molecule has 6 rings (SSSR count). The average molecular weight is 525 g/mol. The van der Waals surface area contributed by atoms with Gasteiger partial charge in [-0.15, -0.1) is 0 Å². The molecule has 0 saturated carbocycles. The quantitative estimate of drug-likeness (QED) is 0.217. The Morgan fingerprint density at radius 1 is 0.800 bits per heavy atom. The molecule has 0 saturated heterocycles. The second-order valence-electron chi connectivity index (χ2n) is 11.5. The zero-order chi connectivity index (χ0) is 30.7. The summed E-state index contributed by atoms with van der Waals surface area (Å²) in [6, 6.07) is 30.5. The van der Waals surface area contributed by atoms with Crippen molar-refractivity contribution in [1.82, 2.24) is 0 Å². The molecule has 3 heteroatoms. The standard InChI is InChI=1S/C37H33N2O/c1-23-18-19-39(6)32(20-23)33-24(2)10-16-30-31-17-13-28(22-38)34(36(31)40-35(30)33)27-9-7-8-26(21-27)25-11-14-29(15-12-25)37(3,4)5/h7-21H,1-6H3/q+1/i1D3. The number of benzene rings is 4. The highest BCUT2D eigenvalue weighted by Crippen LogP contribution is 2.42. The van der Waals surface area contributed by atoms with Gasteiger partial charge in [0.05, 0.1) is 17.2 Å². The Morgan fingerprint density at radius 3 is 2.20 bits per heavy atom. The summed E-state index contributed by atoms with van der Waals surface area (Å²) in [5.41, 5.74) is 9.79. The lowest BCUT2D eigenvalue weighted by Gasteiger charge is -2.19. The Bertz CT molecular complexity index is 2070. The summed E-state index contributed by atoms with van der Waals surface area (Å²) in [4.78, 5) is 0. The van der Waals surface area contributed by atoms with E-state index >= 15 is 0 Å². The number of aromatic nitrogens is 1. The van der Waals surface area contributed by atoms with Gasteiger partial charge in [0.25, 0.3) is 0 Å². The maximum absolute atomic E-state index is 10.2. The SMILES string of the molecule is [2H]C([2H])([2H])c1cc[n+](C)c(-c2c(C)ccc3c2oc2c(-c4cccc(-c5ccc(C(C)(C)C)cc5)c4)c(C#N)ccc23)c1. The molecular formula is C37H33N2O+. The van der Waals surface area contributed by atoms with Crippen LogP contribution < -0.4 is 4.57 Å². The van der Waals surface area contributed by atoms with Gasteiger partial charge in [-0.2, -0.15) is 5.26 Å². The minimum Gasteiger partial charge on any atom is -0.454 e. The average Bonchev–Trinajstić information content (AvgIpc) is 3.34. The minimum absolute atomic E-state index is 0.0708. The van der Waals surface area contributed by atoms with E-state index in [0.29, 0.717) is 16.7 Å². The van der Waals surface area contributed by atoms with E-state index in [1.807, 2.05) is 54.9 Å². The van der Waals surface area contributed by atoms with Gasteiger partial charge in [-0.25, -0.2) is 4.57 Å². The number of hydrogen-bond acceptors (Lipinski definition) is 2. The lowest BCUT2D eigenvalue weighted by Crippen LogP contribution is -2.30. The first-order chi connectivity index (χ1) is 20.4. The van der Waals surface area contributed by atoms with E-state index in [2.05, 4.69) is 63.2 Å². The Hall–Kier alpha value is -4.68. The Kier molecular flexibility index (Phi) is 5.27. The van der Waals surface area contributed by atoms with Crippen LogP contribution in [0.4, 0.5) is 0 Å². The first-order valence-corrected chi connectivity index (χ1v) is 13.5. The van der Waals surface area contributed by atoms with Crippen molar-refractivity contribution in [3.63, 3.8) is 0 Å². The molecule has 0 unspecified atom stereocenters. The van der Waals surface area contributed by atoms with Crippen molar-refractivity contribution in [2.75, 3.05) is 0 Å². The van der Waals surface area contributed by atoms with Crippen molar-refractivity contribution in [2.24, 2.45) is 7.05 Å². The van der Waals surface area contributed by atoms with E-state index in [-0.39, 0.29) is 11.0 Å². The van der Waals surface area contributed by atoms with Crippen LogP contribution in [-0.2, 0) is 12.5 Å². The highest BCUT2D eigenvalue weighted by molar-refractivity contribution is 6.14. The van der Waals surface area contributed by atoms with Gasteiger partial charge in [0.15, 0.2) is 6.20 Å². The first-order valence-electron chi connectivity index (χ1n) is 15.0. The molecule has 0 aliphatic heterocycles. The summed E-state index contributed by atoms with van der Waals surface area (Å²) in [5, 5.41) is 12.0. The second-order valence-corrected chi connectivity index (χ2v) is 11.5. The maximum Gasteiger partial charge on any atom is 0.216 e. The third kappa shape index (κ3) is 4.27. The molecule has 0 amide bonds. The van der Waals surface area contributed by atoms with Crippen molar-refractivity contribution in [2.45, 2.75) is 40.0 Å². The van der Waals surface area contributed by atoms with Gasteiger partial charge < -0.3 is 4.42 Å². The first kappa shape index (κ1) is 22.2. The van der Waals surface area contributed by atoms with E-state index in [1.54, 1.807) is 18.3 Å². The molecule has 3 nitrogen and oxygen atoms in total. The topological polar surface area (TPSA) is 40.8 Å². The molecular weight excluding hydrogens is 488 g/mol. The minimum atomic E-state index is -2.23. The smallest absolute Gasteiger partial charge is 0.216 e. The number of nitriles is 1. The number of pyridine rings is 1. The summed E-state index contributed by atoms with van der Waals surface area (Å²) < 4.78 is 32.5. The van der Waals surface area contributed by atoms with E-state index in [1.165, 1.54) is 5.56 Å². The van der Waals surface area contributed by atoms with Gasteiger partial charge >= 0.3 is 0 Å². The van der Waals surface area contributed by atoms with Crippen LogP contribution in [0.15, 0.2) is 95.5 Å². The van der Waals surface area contributed by atoms with Crippen molar-refractivity contribution in [1.29, 1.82) is 5.26 Å². The van der Waals surface area contributed by atoms with Crippen molar-refractivity contribution in [3.05, 3.63) is 113 Å². The molecule has 0 atom stereocenters. The van der Waals surface area contributed by atoms with Crippen LogP contribution in [0, 0.1) is 25.1 Å². The predicted octanol–water partition coefficient (Wildman–Crippen LogP) is 9.20. The van der Waals surface area contributed by atoms with Gasteiger partial charge in [0.1, 0.15) is 18.2 Å². The molecule has 40 heavy (non-hydrogen) atoms. The zero-order valence-corrected chi connectivity index (χ0v) is 23.5. The summed E-state index contributed by atoms with van der Waals surface area (Å²) in [6.07, 6.45) is 1.77. The molecule has 4 aromatic carbocycles. The van der Waals surface area contributed by atoms with Crippen LogP contribution in [0.25, 0.3) is 55.4 Å². The lowest BCUT2D eigenvalue weighted by atomic mass is 9.86. The summed E-state index contributed by atoms with van der Waals surface area (Å²) in [5.74, 6) is 0. The van der Waals surface area contributed by atoms with Gasteiger partial charge in [-0.05, 0) is 70.8 Å². The van der Waals surface area contributed by atoms with Gasteiger partial charge in [-0.3, -0.25) is 0 Å². The molecule has 2 heterocycles. The molecule has 0 N–H and O–H groups in total. The van der Waals surface area contributed by atoms with Crippen LogP contribution in [0.1, 0.15) is 47.1 Å². The monoisotopic (exact) mass is 524 g/mol. The Morgan fingerprint density at radius 2 is 1.50 bits per heavy atom. The molecule has 0 bridgehead atoms. The van der Waals surface area contributed by atoms with E-state index in [0.717, 1.165) is 49.8 Å². The number of furan rings is 1. The number of nitrogens with zero attached hydrogens (tertiary/aromatic N) is 2. The van der Waals surface area contributed by atoms with Crippen LogP contribution in [-0.4, -0.2) is 0 Å². The van der Waals surface area contributed by atoms with Crippen LogP contribution in [0.5, 0.6) is 0 Å².